The Kier molecular flexibility index (Phi) is 3.63. The van der Waals surface area contributed by atoms with Crippen molar-refractivity contribution in [3.05, 3.63) is 21.9 Å². The number of fused-ring (bicyclic) bond motifs is 1. The van der Waals surface area contributed by atoms with Crippen molar-refractivity contribution < 1.29 is 4.79 Å². The minimum Gasteiger partial charge on any atom is -0.341 e. The largest absolute Gasteiger partial charge is 0.341 e. The normalized spacial score (nSPS) is 31.1. The van der Waals surface area contributed by atoms with Crippen molar-refractivity contribution in [2.45, 2.75) is 44.6 Å². The molecule has 0 radical (unpaired) electrons. The number of hydrogen-bond donors (Lipinski definition) is 1. The van der Waals surface area contributed by atoms with Crippen molar-refractivity contribution in [3.8, 4) is 0 Å². The van der Waals surface area contributed by atoms with Gasteiger partial charge in [-0.25, -0.2) is 0 Å². The average molecular weight is 278 g/mol. The van der Waals surface area contributed by atoms with Gasteiger partial charge in [0, 0.05) is 24.0 Å². The van der Waals surface area contributed by atoms with E-state index in [0.717, 1.165) is 38.8 Å². The molecule has 2 heterocycles. The molecule has 3 atom stereocenters. The van der Waals surface area contributed by atoms with Crippen molar-refractivity contribution in [2.75, 3.05) is 13.1 Å². The molecule has 0 bridgehead atoms. The molecular formula is C15H22N2OS. The predicted molar refractivity (Wildman–Crippen MR) is 78.3 cm³/mol. The summed E-state index contributed by atoms with van der Waals surface area (Å²) in [5, 5.41) is 2.13. The van der Waals surface area contributed by atoms with E-state index < -0.39 is 0 Å². The van der Waals surface area contributed by atoms with Gasteiger partial charge in [-0.2, -0.15) is 0 Å². The van der Waals surface area contributed by atoms with Crippen LogP contribution in [0, 0.1) is 5.92 Å². The van der Waals surface area contributed by atoms with Crippen LogP contribution in [0.2, 0.25) is 0 Å². The summed E-state index contributed by atoms with van der Waals surface area (Å²) in [5.74, 6) is 0.935. The highest BCUT2D eigenvalue weighted by Crippen LogP contribution is 2.36. The van der Waals surface area contributed by atoms with Crippen LogP contribution in [0.15, 0.2) is 11.4 Å². The molecule has 3 rings (SSSR count). The van der Waals surface area contributed by atoms with Gasteiger partial charge in [0.15, 0.2) is 0 Å². The lowest BCUT2D eigenvalue weighted by atomic mass is 9.85. The van der Waals surface area contributed by atoms with Crippen LogP contribution in [0.1, 0.15) is 42.5 Å². The highest BCUT2D eigenvalue weighted by Gasteiger charge is 2.33. The fourth-order valence-electron chi connectivity index (χ4n) is 3.26. The van der Waals surface area contributed by atoms with Gasteiger partial charge in [0.2, 0.25) is 5.91 Å². The number of rotatable bonds is 1. The first-order valence-corrected chi connectivity index (χ1v) is 8.15. The summed E-state index contributed by atoms with van der Waals surface area (Å²) in [4.78, 5) is 16.2. The maximum Gasteiger partial charge on any atom is 0.230 e. The summed E-state index contributed by atoms with van der Waals surface area (Å²) in [6.45, 7) is 3.80. The van der Waals surface area contributed by atoms with Crippen LogP contribution in [0.5, 0.6) is 0 Å². The van der Waals surface area contributed by atoms with Gasteiger partial charge in [0.05, 0.1) is 5.92 Å². The van der Waals surface area contributed by atoms with E-state index in [2.05, 4.69) is 18.4 Å². The molecule has 1 saturated heterocycles. The van der Waals surface area contributed by atoms with Crippen molar-refractivity contribution in [1.82, 2.24) is 4.90 Å². The molecule has 3 nitrogen and oxygen atoms in total. The number of likely N-dealkylation sites (tertiary alicyclic amines) is 1. The topological polar surface area (TPSA) is 46.3 Å². The van der Waals surface area contributed by atoms with Gasteiger partial charge >= 0.3 is 0 Å². The first-order chi connectivity index (χ1) is 9.16. The molecule has 1 aromatic rings. The van der Waals surface area contributed by atoms with Gasteiger partial charge < -0.3 is 10.6 Å². The number of piperidine rings is 1. The molecular weight excluding hydrogens is 256 g/mol. The Bertz CT molecular complexity index is 470. The monoisotopic (exact) mass is 278 g/mol. The summed E-state index contributed by atoms with van der Waals surface area (Å²) < 4.78 is 0. The van der Waals surface area contributed by atoms with Crippen LogP contribution in [-0.4, -0.2) is 29.9 Å². The zero-order valence-corrected chi connectivity index (χ0v) is 12.3. The summed E-state index contributed by atoms with van der Waals surface area (Å²) in [5.41, 5.74) is 7.40. The quantitative estimate of drug-likeness (QED) is 0.857. The molecule has 3 unspecified atom stereocenters. The highest BCUT2D eigenvalue weighted by molar-refractivity contribution is 7.10. The maximum atomic E-state index is 12.7. The van der Waals surface area contributed by atoms with Crippen molar-refractivity contribution in [2.24, 2.45) is 11.7 Å². The number of thiophene rings is 1. The van der Waals surface area contributed by atoms with Gasteiger partial charge in [-0.15, -0.1) is 11.3 Å². The molecule has 104 valence electrons. The zero-order valence-electron chi connectivity index (χ0n) is 11.5. The number of carbonyl (C=O) groups is 1. The fraction of sp³-hybridized carbons (Fsp3) is 0.667. The number of amides is 1. The Hall–Kier alpha value is -0.870. The lowest BCUT2D eigenvalue weighted by Crippen LogP contribution is -2.51. The second-order valence-electron chi connectivity index (χ2n) is 5.96. The Morgan fingerprint density at radius 2 is 2.32 bits per heavy atom. The Balaban J connectivity index is 1.75. The maximum absolute atomic E-state index is 12.7. The number of nitrogens with two attached hydrogens (primary N) is 1. The Morgan fingerprint density at radius 1 is 1.47 bits per heavy atom. The molecule has 19 heavy (non-hydrogen) atoms. The third-order valence-corrected chi connectivity index (χ3v) is 5.67. The average Bonchev–Trinajstić information content (AvgIpc) is 2.89. The minimum absolute atomic E-state index is 0.0932. The molecule has 1 aromatic heterocycles. The van der Waals surface area contributed by atoms with Crippen LogP contribution in [-0.2, 0) is 11.2 Å². The fourth-order valence-corrected chi connectivity index (χ4v) is 4.25. The van der Waals surface area contributed by atoms with Gasteiger partial charge in [0.1, 0.15) is 0 Å². The Morgan fingerprint density at radius 3 is 3.11 bits per heavy atom. The molecule has 1 amide bonds. The molecule has 1 aliphatic heterocycles. The number of aryl methyl sites for hydroxylation is 1. The van der Waals surface area contributed by atoms with E-state index in [1.807, 2.05) is 4.90 Å². The smallest absolute Gasteiger partial charge is 0.230 e. The molecule has 0 aromatic carbocycles. The van der Waals surface area contributed by atoms with Gasteiger partial charge in [-0.1, -0.05) is 6.92 Å². The van der Waals surface area contributed by atoms with Gasteiger partial charge in [-0.3, -0.25) is 4.79 Å². The first kappa shape index (κ1) is 13.1. The van der Waals surface area contributed by atoms with Gasteiger partial charge in [-0.05, 0) is 48.6 Å². The second-order valence-corrected chi connectivity index (χ2v) is 6.96. The summed E-state index contributed by atoms with van der Waals surface area (Å²) >= 11 is 1.80. The van der Waals surface area contributed by atoms with Crippen LogP contribution in [0.25, 0.3) is 0 Å². The molecule has 4 heteroatoms. The standard InChI is InChI=1S/C15H22N2OS/c1-10-5-7-17(9-13(10)16)15(18)12-3-2-4-14-11(12)6-8-19-14/h6,8,10,12-13H,2-5,7,9,16H2,1H3. The molecule has 1 aliphatic carbocycles. The first-order valence-electron chi connectivity index (χ1n) is 7.27. The summed E-state index contributed by atoms with van der Waals surface area (Å²) in [6.07, 6.45) is 4.33. The minimum atomic E-state index is 0.0932. The van der Waals surface area contributed by atoms with E-state index in [1.165, 1.54) is 10.4 Å². The zero-order chi connectivity index (χ0) is 13.4. The van der Waals surface area contributed by atoms with Gasteiger partial charge in [0.25, 0.3) is 0 Å². The second kappa shape index (κ2) is 5.25. The molecule has 2 aliphatic rings. The molecule has 0 spiro atoms. The Labute approximate surface area is 118 Å². The number of carbonyl (C=O) groups excluding carboxylic acids is 1. The van der Waals surface area contributed by atoms with Crippen LogP contribution < -0.4 is 5.73 Å². The summed E-state index contributed by atoms with van der Waals surface area (Å²) in [6, 6.07) is 2.29. The number of hydrogen-bond acceptors (Lipinski definition) is 3. The third kappa shape index (κ3) is 2.43. The SMILES string of the molecule is CC1CCN(C(=O)C2CCCc3sccc32)CC1N. The van der Waals surface area contributed by atoms with E-state index in [9.17, 15) is 4.79 Å². The lowest BCUT2D eigenvalue weighted by Gasteiger charge is -2.37. The van der Waals surface area contributed by atoms with Crippen molar-refractivity contribution >= 4 is 17.2 Å². The van der Waals surface area contributed by atoms with E-state index in [4.69, 9.17) is 5.73 Å². The predicted octanol–water partition coefficient (Wildman–Crippen LogP) is 2.36. The molecule has 2 N–H and O–H groups in total. The van der Waals surface area contributed by atoms with E-state index in [1.54, 1.807) is 11.3 Å². The van der Waals surface area contributed by atoms with Crippen LogP contribution in [0.3, 0.4) is 0 Å². The van der Waals surface area contributed by atoms with E-state index >= 15 is 0 Å². The lowest BCUT2D eigenvalue weighted by molar-refractivity contribution is -0.134. The van der Waals surface area contributed by atoms with E-state index in [0.29, 0.717) is 11.8 Å². The van der Waals surface area contributed by atoms with Crippen LogP contribution in [0.4, 0.5) is 0 Å². The molecule has 1 fully saturated rings. The highest BCUT2D eigenvalue weighted by atomic mass is 32.1. The summed E-state index contributed by atoms with van der Waals surface area (Å²) in [7, 11) is 0. The third-order valence-electron chi connectivity index (χ3n) is 4.68. The van der Waals surface area contributed by atoms with Crippen molar-refractivity contribution in [1.29, 1.82) is 0 Å². The van der Waals surface area contributed by atoms with Crippen LogP contribution >= 0.6 is 11.3 Å². The number of nitrogens with zero attached hydrogens (tertiary/aromatic N) is 1. The van der Waals surface area contributed by atoms with Crippen molar-refractivity contribution in [3.63, 3.8) is 0 Å². The molecule has 0 saturated carbocycles. The van der Waals surface area contributed by atoms with E-state index in [-0.39, 0.29) is 12.0 Å².